The minimum absolute atomic E-state index is 0.0202. The fourth-order valence-corrected chi connectivity index (χ4v) is 3.36. The molecule has 0 saturated heterocycles. The molecule has 0 spiro atoms. The second-order valence-electron chi connectivity index (χ2n) is 7.50. The lowest BCUT2D eigenvalue weighted by Gasteiger charge is -2.18. The summed E-state index contributed by atoms with van der Waals surface area (Å²) in [7, 11) is 0. The number of hydrogen-bond acceptors (Lipinski definition) is 4. The summed E-state index contributed by atoms with van der Waals surface area (Å²) in [5, 5.41) is 5.70. The molecule has 4 rings (SSSR count). The van der Waals surface area contributed by atoms with Gasteiger partial charge in [-0.1, -0.05) is 42.5 Å². The molecular formula is C26H24N2O4. The number of fused-ring (bicyclic) bond motifs is 1. The van der Waals surface area contributed by atoms with Crippen LogP contribution < -0.4 is 20.1 Å². The zero-order chi connectivity index (χ0) is 22.5. The second kappa shape index (κ2) is 9.39. The summed E-state index contributed by atoms with van der Waals surface area (Å²) in [6.07, 6.45) is 1.56. The molecule has 6 heteroatoms. The topological polar surface area (TPSA) is 76.7 Å². The number of nitrogens with one attached hydrogen (secondary N) is 2. The van der Waals surface area contributed by atoms with E-state index < -0.39 is 11.8 Å². The summed E-state index contributed by atoms with van der Waals surface area (Å²) >= 11 is 0. The summed E-state index contributed by atoms with van der Waals surface area (Å²) < 4.78 is 11.2. The third kappa shape index (κ3) is 4.81. The fourth-order valence-electron chi connectivity index (χ4n) is 3.36. The maximum Gasteiger partial charge on any atom is 0.261 e. The lowest BCUT2D eigenvalue weighted by Crippen LogP contribution is -2.26. The Labute approximate surface area is 186 Å². The van der Waals surface area contributed by atoms with Crippen molar-refractivity contribution in [2.24, 2.45) is 0 Å². The van der Waals surface area contributed by atoms with Crippen LogP contribution in [0.4, 0.5) is 11.4 Å². The largest absolute Gasteiger partial charge is 0.486 e. The van der Waals surface area contributed by atoms with Crippen LogP contribution in [0.5, 0.6) is 11.5 Å². The number of anilines is 2. The highest BCUT2D eigenvalue weighted by atomic mass is 16.6. The highest BCUT2D eigenvalue weighted by Gasteiger charge is 2.21. The third-order valence-electron chi connectivity index (χ3n) is 5.15. The standard InChI is InChI=1S/C26H24N2O4/c1-17-7-3-5-9-21(17)27-25(29)20(26(30)28-22-10-6-4-8-18(22)2)15-19-11-12-23-24(16-19)32-14-13-31-23/h3-12,15-16H,13-14H2,1-2H3,(H,27,29)(H,28,30). The molecule has 2 amide bonds. The Morgan fingerprint density at radius 2 is 1.28 bits per heavy atom. The molecule has 0 unspecified atom stereocenters. The average Bonchev–Trinajstić information content (AvgIpc) is 2.80. The lowest BCUT2D eigenvalue weighted by molar-refractivity contribution is -0.118. The average molecular weight is 428 g/mol. The molecule has 0 atom stereocenters. The van der Waals surface area contributed by atoms with Gasteiger partial charge >= 0.3 is 0 Å². The van der Waals surface area contributed by atoms with Crippen molar-refractivity contribution in [2.75, 3.05) is 23.8 Å². The number of carbonyl (C=O) groups is 2. The van der Waals surface area contributed by atoms with Crippen molar-refractivity contribution in [1.29, 1.82) is 0 Å². The van der Waals surface area contributed by atoms with E-state index in [1.165, 1.54) is 0 Å². The van der Waals surface area contributed by atoms with Crippen molar-refractivity contribution < 1.29 is 19.1 Å². The van der Waals surface area contributed by atoms with E-state index in [4.69, 9.17) is 9.47 Å². The SMILES string of the molecule is Cc1ccccc1NC(=O)C(=Cc1ccc2c(c1)OCCO2)C(=O)Nc1ccccc1C. The van der Waals surface area contributed by atoms with Gasteiger partial charge in [-0.3, -0.25) is 9.59 Å². The van der Waals surface area contributed by atoms with E-state index in [-0.39, 0.29) is 5.57 Å². The summed E-state index contributed by atoms with van der Waals surface area (Å²) in [6.45, 7) is 4.74. The monoisotopic (exact) mass is 428 g/mol. The number of carbonyl (C=O) groups excluding carboxylic acids is 2. The van der Waals surface area contributed by atoms with Crippen LogP contribution in [0, 0.1) is 13.8 Å². The first-order valence-corrected chi connectivity index (χ1v) is 10.4. The van der Waals surface area contributed by atoms with Gasteiger partial charge in [0.25, 0.3) is 11.8 Å². The highest BCUT2D eigenvalue weighted by molar-refractivity contribution is 6.29. The molecule has 3 aromatic carbocycles. The van der Waals surface area contributed by atoms with E-state index in [1.54, 1.807) is 36.4 Å². The van der Waals surface area contributed by atoms with Gasteiger partial charge in [0.1, 0.15) is 18.8 Å². The molecule has 162 valence electrons. The maximum atomic E-state index is 13.2. The van der Waals surface area contributed by atoms with Crippen LogP contribution in [-0.2, 0) is 9.59 Å². The normalized spacial score (nSPS) is 11.9. The Bertz CT molecular complexity index is 1140. The minimum atomic E-state index is -0.500. The smallest absolute Gasteiger partial charge is 0.261 e. The molecule has 0 radical (unpaired) electrons. The summed E-state index contributed by atoms with van der Waals surface area (Å²) in [5.74, 6) is 0.229. The Hall–Kier alpha value is -4.06. The van der Waals surface area contributed by atoms with Crippen LogP contribution >= 0.6 is 0 Å². The molecular weight excluding hydrogens is 404 g/mol. The van der Waals surface area contributed by atoms with Gasteiger partial charge in [0.05, 0.1) is 0 Å². The third-order valence-corrected chi connectivity index (χ3v) is 5.15. The van der Waals surface area contributed by atoms with E-state index >= 15 is 0 Å². The van der Waals surface area contributed by atoms with E-state index in [1.807, 2.05) is 50.2 Å². The van der Waals surface area contributed by atoms with E-state index in [0.29, 0.717) is 41.7 Å². The van der Waals surface area contributed by atoms with E-state index in [9.17, 15) is 9.59 Å². The number of rotatable bonds is 5. The number of para-hydroxylation sites is 2. The van der Waals surface area contributed by atoms with Crippen molar-refractivity contribution in [2.45, 2.75) is 13.8 Å². The Morgan fingerprint density at radius 3 is 1.84 bits per heavy atom. The maximum absolute atomic E-state index is 13.2. The zero-order valence-electron chi connectivity index (χ0n) is 18.0. The number of amides is 2. The molecule has 2 N–H and O–H groups in total. The molecule has 0 bridgehead atoms. The molecule has 0 fully saturated rings. The molecule has 1 heterocycles. The fraction of sp³-hybridized carbons (Fsp3) is 0.154. The highest BCUT2D eigenvalue weighted by Crippen LogP contribution is 2.31. The summed E-state index contributed by atoms with van der Waals surface area (Å²) in [4.78, 5) is 26.4. The van der Waals surface area contributed by atoms with Crippen molar-refractivity contribution in [3.63, 3.8) is 0 Å². The van der Waals surface area contributed by atoms with Crippen LogP contribution in [0.2, 0.25) is 0 Å². The predicted octanol–water partition coefficient (Wildman–Crippen LogP) is 4.74. The quantitative estimate of drug-likeness (QED) is 0.350. The Kier molecular flexibility index (Phi) is 6.22. The summed E-state index contributed by atoms with van der Waals surface area (Å²) in [5.41, 5.74) is 3.73. The Morgan fingerprint density at radius 1 is 0.750 bits per heavy atom. The molecule has 1 aliphatic rings. The summed E-state index contributed by atoms with van der Waals surface area (Å²) in [6, 6.07) is 20.2. The lowest BCUT2D eigenvalue weighted by atomic mass is 10.1. The second-order valence-corrected chi connectivity index (χ2v) is 7.50. The molecule has 0 aliphatic carbocycles. The van der Waals surface area contributed by atoms with Crippen molar-refractivity contribution in [3.8, 4) is 11.5 Å². The number of aryl methyl sites for hydroxylation is 2. The van der Waals surface area contributed by atoms with Gasteiger partial charge in [-0.05, 0) is 60.9 Å². The molecule has 0 aromatic heterocycles. The van der Waals surface area contributed by atoms with Crippen LogP contribution in [0.3, 0.4) is 0 Å². The molecule has 3 aromatic rings. The Balaban J connectivity index is 1.68. The minimum Gasteiger partial charge on any atom is -0.486 e. The van der Waals surface area contributed by atoms with Gasteiger partial charge in [-0.2, -0.15) is 0 Å². The van der Waals surface area contributed by atoms with Crippen molar-refractivity contribution in [1.82, 2.24) is 0 Å². The first-order chi connectivity index (χ1) is 15.5. The van der Waals surface area contributed by atoms with Gasteiger partial charge in [0, 0.05) is 11.4 Å². The van der Waals surface area contributed by atoms with Gasteiger partial charge in [0.2, 0.25) is 0 Å². The van der Waals surface area contributed by atoms with Crippen LogP contribution in [0.25, 0.3) is 6.08 Å². The predicted molar refractivity (Wildman–Crippen MR) is 125 cm³/mol. The van der Waals surface area contributed by atoms with Gasteiger partial charge in [0.15, 0.2) is 11.5 Å². The zero-order valence-corrected chi connectivity index (χ0v) is 18.0. The van der Waals surface area contributed by atoms with Crippen molar-refractivity contribution in [3.05, 3.63) is 89.0 Å². The van der Waals surface area contributed by atoms with Gasteiger partial charge in [-0.25, -0.2) is 0 Å². The molecule has 6 nitrogen and oxygen atoms in total. The van der Waals surface area contributed by atoms with Crippen molar-refractivity contribution >= 4 is 29.3 Å². The van der Waals surface area contributed by atoms with E-state index in [2.05, 4.69) is 10.6 Å². The number of benzene rings is 3. The van der Waals surface area contributed by atoms with E-state index in [0.717, 1.165) is 11.1 Å². The molecule has 0 saturated carbocycles. The molecule has 32 heavy (non-hydrogen) atoms. The van der Waals surface area contributed by atoms with Crippen LogP contribution in [0.15, 0.2) is 72.3 Å². The first kappa shape index (κ1) is 21.2. The number of ether oxygens (including phenoxy) is 2. The van der Waals surface area contributed by atoms with Crippen LogP contribution in [-0.4, -0.2) is 25.0 Å². The van der Waals surface area contributed by atoms with Gasteiger partial charge in [-0.15, -0.1) is 0 Å². The van der Waals surface area contributed by atoms with Gasteiger partial charge < -0.3 is 20.1 Å². The first-order valence-electron chi connectivity index (χ1n) is 10.4. The molecule has 1 aliphatic heterocycles. The van der Waals surface area contributed by atoms with Crippen LogP contribution in [0.1, 0.15) is 16.7 Å². The number of hydrogen-bond donors (Lipinski definition) is 2.